The number of hydrogen-bond donors (Lipinski definition) is 0. The average Bonchev–Trinajstić information content (AvgIpc) is 3.48. The van der Waals surface area contributed by atoms with Crippen LogP contribution in [-0.4, -0.2) is 48.0 Å². The van der Waals surface area contributed by atoms with Crippen molar-refractivity contribution < 1.29 is 4.79 Å². The van der Waals surface area contributed by atoms with Crippen LogP contribution in [0, 0.1) is 5.92 Å². The Morgan fingerprint density at radius 2 is 2.00 bits per heavy atom. The van der Waals surface area contributed by atoms with Crippen LogP contribution in [0.3, 0.4) is 0 Å². The highest BCUT2D eigenvalue weighted by Gasteiger charge is 2.26. The first-order valence-corrected chi connectivity index (χ1v) is 10.4. The van der Waals surface area contributed by atoms with Crippen LogP contribution < -0.4 is 0 Å². The maximum Gasteiger partial charge on any atom is 0.255 e. The van der Waals surface area contributed by atoms with Crippen LogP contribution in [0.15, 0.2) is 37.3 Å². The minimum Gasteiger partial charge on any atom is -0.338 e. The van der Waals surface area contributed by atoms with Gasteiger partial charge in [-0.2, -0.15) is 0 Å². The Balaban J connectivity index is 1.32. The lowest BCUT2D eigenvalue weighted by atomic mass is 9.97. The molecule has 7 heteroatoms. The number of amides is 1. The Morgan fingerprint density at radius 3 is 2.82 bits per heavy atom. The van der Waals surface area contributed by atoms with Crippen LogP contribution in [0.1, 0.15) is 54.9 Å². The Labute approximate surface area is 164 Å². The summed E-state index contributed by atoms with van der Waals surface area (Å²) in [4.78, 5) is 28.3. The molecule has 1 aliphatic carbocycles. The number of fused-ring (bicyclic) bond motifs is 1. The maximum atomic E-state index is 13.1. The van der Waals surface area contributed by atoms with Gasteiger partial charge in [-0.25, -0.2) is 15.0 Å². The maximum absolute atomic E-state index is 13.1. The smallest absolute Gasteiger partial charge is 0.255 e. The fraction of sp³-hybridized carbons (Fsp3) is 0.524. The molecule has 3 aromatic rings. The highest BCUT2D eigenvalue weighted by atomic mass is 16.2. The van der Waals surface area contributed by atoms with E-state index in [1.165, 1.54) is 25.7 Å². The number of carbonyl (C=O) groups excluding carboxylic acids is 1. The van der Waals surface area contributed by atoms with E-state index in [2.05, 4.69) is 24.1 Å². The van der Waals surface area contributed by atoms with Gasteiger partial charge in [0.1, 0.15) is 5.52 Å². The number of piperidine rings is 1. The van der Waals surface area contributed by atoms with E-state index in [4.69, 9.17) is 0 Å². The zero-order chi connectivity index (χ0) is 18.9. The number of carbonyl (C=O) groups is 1. The summed E-state index contributed by atoms with van der Waals surface area (Å²) >= 11 is 0. The summed E-state index contributed by atoms with van der Waals surface area (Å²) in [6, 6.07) is 2.42. The van der Waals surface area contributed by atoms with Crippen molar-refractivity contribution in [3.63, 3.8) is 0 Å². The van der Waals surface area contributed by atoms with Gasteiger partial charge in [-0.15, -0.1) is 0 Å². The molecule has 1 saturated heterocycles. The van der Waals surface area contributed by atoms with Crippen LogP contribution in [0.2, 0.25) is 0 Å². The first-order valence-electron chi connectivity index (χ1n) is 10.4. The number of likely N-dealkylation sites (tertiary alicyclic amines) is 1. The van der Waals surface area contributed by atoms with E-state index < -0.39 is 0 Å². The van der Waals surface area contributed by atoms with Gasteiger partial charge < -0.3 is 14.0 Å². The molecule has 0 aromatic carbocycles. The van der Waals surface area contributed by atoms with Gasteiger partial charge in [-0.3, -0.25) is 4.79 Å². The predicted octanol–water partition coefficient (Wildman–Crippen LogP) is 3.30. The third kappa shape index (κ3) is 3.30. The molecule has 1 unspecified atom stereocenters. The molecule has 0 bridgehead atoms. The third-order valence-corrected chi connectivity index (χ3v) is 6.21. The zero-order valence-corrected chi connectivity index (χ0v) is 16.1. The molecule has 7 nitrogen and oxygen atoms in total. The van der Waals surface area contributed by atoms with Crippen LogP contribution in [0.4, 0.5) is 0 Å². The van der Waals surface area contributed by atoms with E-state index in [9.17, 15) is 4.79 Å². The molecule has 0 N–H and O–H groups in total. The van der Waals surface area contributed by atoms with E-state index in [0.29, 0.717) is 17.5 Å². The normalized spacial score (nSPS) is 20.9. The minimum atomic E-state index is 0.0696. The van der Waals surface area contributed by atoms with Gasteiger partial charge in [-0.05, 0) is 37.7 Å². The Bertz CT molecular complexity index is 957. The predicted molar refractivity (Wildman–Crippen MR) is 106 cm³/mol. The van der Waals surface area contributed by atoms with E-state index >= 15 is 0 Å². The van der Waals surface area contributed by atoms with Crippen molar-refractivity contribution in [2.24, 2.45) is 5.92 Å². The Kier molecular flexibility index (Phi) is 4.58. The number of nitrogens with zero attached hydrogens (tertiary/aromatic N) is 6. The summed E-state index contributed by atoms with van der Waals surface area (Å²) in [5.74, 6) is 0.533. The fourth-order valence-electron chi connectivity index (χ4n) is 4.76. The van der Waals surface area contributed by atoms with Crippen LogP contribution in [0.5, 0.6) is 0 Å². The first-order chi connectivity index (χ1) is 13.8. The average molecular weight is 378 g/mol. The second-order valence-electron chi connectivity index (χ2n) is 8.18. The largest absolute Gasteiger partial charge is 0.338 e. The number of hydrogen-bond acceptors (Lipinski definition) is 4. The lowest BCUT2D eigenvalue weighted by Crippen LogP contribution is -2.41. The van der Waals surface area contributed by atoms with Gasteiger partial charge in [0.05, 0.1) is 18.2 Å². The third-order valence-electron chi connectivity index (χ3n) is 6.21. The summed E-state index contributed by atoms with van der Waals surface area (Å²) < 4.78 is 4.29. The second-order valence-corrected chi connectivity index (χ2v) is 8.18. The molecule has 1 amide bonds. The topological polar surface area (TPSA) is 68.8 Å². The van der Waals surface area contributed by atoms with Crippen molar-refractivity contribution in [1.82, 2.24) is 29.0 Å². The molecule has 2 fully saturated rings. The van der Waals surface area contributed by atoms with Crippen LogP contribution >= 0.6 is 0 Å². The monoisotopic (exact) mass is 378 g/mol. The second kappa shape index (κ2) is 7.37. The molecule has 146 valence electrons. The molecule has 2 aliphatic rings. The Morgan fingerprint density at radius 1 is 1.11 bits per heavy atom. The van der Waals surface area contributed by atoms with E-state index in [0.717, 1.165) is 43.6 Å². The van der Waals surface area contributed by atoms with Crippen LogP contribution in [-0.2, 0) is 6.54 Å². The summed E-state index contributed by atoms with van der Waals surface area (Å²) in [6.07, 6.45) is 16.4. The Hall–Kier alpha value is -2.70. The SMILES string of the molecule is O=C(c1cnc2c(c1)ncn2C1CCCC1)N1CCCC(Cn2ccnc2)C1. The summed E-state index contributed by atoms with van der Waals surface area (Å²) in [6.45, 7) is 2.51. The van der Waals surface area contributed by atoms with Crippen molar-refractivity contribution in [1.29, 1.82) is 0 Å². The molecule has 5 rings (SSSR count). The van der Waals surface area contributed by atoms with Crippen molar-refractivity contribution in [3.05, 3.63) is 42.9 Å². The molecular formula is C21H26N6O. The van der Waals surface area contributed by atoms with Gasteiger partial charge in [0.25, 0.3) is 5.91 Å². The molecule has 0 radical (unpaired) electrons. The quantitative estimate of drug-likeness (QED) is 0.699. The number of rotatable bonds is 4. The number of imidazole rings is 2. The molecule has 1 saturated carbocycles. The molecule has 4 heterocycles. The summed E-state index contributed by atoms with van der Waals surface area (Å²) in [5.41, 5.74) is 2.37. The van der Waals surface area contributed by atoms with Crippen molar-refractivity contribution in [2.75, 3.05) is 13.1 Å². The van der Waals surface area contributed by atoms with Gasteiger partial charge in [0.2, 0.25) is 0 Å². The van der Waals surface area contributed by atoms with Gasteiger partial charge in [0.15, 0.2) is 5.65 Å². The number of aromatic nitrogens is 5. The van der Waals surface area contributed by atoms with Crippen LogP contribution in [0.25, 0.3) is 11.2 Å². The number of pyridine rings is 1. The van der Waals surface area contributed by atoms with Gasteiger partial charge in [-0.1, -0.05) is 12.8 Å². The summed E-state index contributed by atoms with van der Waals surface area (Å²) in [5, 5.41) is 0. The standard InChI is InChI=1S/C21H26N6O/c28-21(26-8-3-4-16(13-26)12-25-9-7-22-14-25)17-10-19-20(23-11-17)27(15-24-19)18-5-1-2-6-18/h7,9-11,14-16,18H,1-6,8,12-13H2. The van der Waals surface area contributed by atoms with Crippen molar-refractivity contribution in [3.8, 4) is 0 Å². The lowest BCUT2D eigenvalue weighted by molar-refractivity contribution is 0.0662. The first kappa shape index (κ1) is 17.4. The molecule has 0 spiro atoms. The minimum absolute atomic E-state index is 0.0696. The molecule has 3 aromatic heterocycles. The van der Waals surface area contributed by atoms with Crippen molar-refractivity contribution in [2.45, 2.75) is 51.1 Å². The molecule has 1 atom stereocenters. The lowest BCUT2D eigenvalue weighted by Gasteiger charge is -2.33. The highest BCUT2D eigenvalue weighted by Crippen LogP contribution is 2.31. The zero-order valence-electron chi connectivity index (χ0n) is 16.1. The fourth-order valence-corrected chi connectivity index (χ4v) is 4.76. The molecular weight excluding hydrogens is 352 g/mol. The van der Waals surface area contributed by atoms with Crippen molar-refractivity contribution >= 4 is 17.1 Å². The summed E-state index contributed by atoms with van der Waals surface area (Å²) in [7, 11) is 0. The van der Waals surface area contributed by atoms with E-state index in [1.54, 1.807) is 12.4 Å². The molecule has 1 aliphatic heterocycles. The molecule has 28 heavy (non-hydrogen) atoms. The van der Waals surface area contributed by atoms with E-state index in [1.807, 2.05) is 29.8 Å². The van der Waals surface area contributed by atoms with Gasteiger partial charge >= 0.3 is 0 Å². The highest BCUT2D eigenvalue weighted by molar-refractivity contribution is 5.96. The van der Waals surface area contributed by atoms with E-state index in [-0.39, 0.29) is 5.91 Å². The van der Waals surface area contributed by atoms with Gasteiger partial charge in [0, 0.05) is 44.3 Å².